The molecule has 3 aliphatic rings. The van der Waals surface area contributed by atoms with Crippen molar-refractivity contribution in [1.82, 2.24) is 0 Å². The van der Waals surface area contributed by atoms with Gasteiger partial charge in [0.2, 0.25) is 0 Å². The molecule has 1 saturated heterocycles. The zero-order valence-electron chi connectivity index (χ0n) is 20.6. The van der Waals surface area contributed by atoms with Crippen LogP contribution in [0.2, 0.25) is 5.02 Å². The molecule has 4 aromatic carbocycles. The van der Waals surface area contributed by atoms with E-state index in [1.165, 1.54) is 12.1 Å². The molecule has 1 fully saturated rings. The molecule has 2 aliphatic heterocycles. The minimum Gasteiger partial charge on any atom is -0.352 e. The Hall–Kier alpha value is -4.35. The summed E-state index contributed by atoms with van der Waals surface area (Å²) < 4.78 is 14.3. The summed E-state index contributed by atoms with van der Waals surface area (Å²) in [4.78, 5) is 45.4. The number of nitrogens with zero attached hydrogens (tertiary/aromatic N) is 1. The van der Waals surface area contributed by atoms with Crippen molar-refractivity contribution in [2.75, 3.05) is 4.90 Å². The van der Waals surface area contributed by atoms with Gasteiger partial charge in [-0.3, -0.25) is 14.4 Å². The van der Waals surface area contributed by atoms with Gasteiger partial charge in [-0.1, -0.05) is 78.4 Å². The maximum atomic E-state index is 14.5. The monoisotopic (exact) mass is 533 g/mol. The van der Waals surface area contributed by atoms with Crippen molar-refractivity contribution >= 4 is 40.7 Å². The number of hydrogen-bond donors (Lipinski definition) is 0. The van der Waals surface area contributed by atoms with Crippen molar-refractivity contribution in [3.05, 3.63) is 142 Å². The molecule has 3 atom stereocenters. The molecule has 0 saturated carbocycles. The van der Waals surface area contributed by atoms with Gasteiger partial charge < -0.3 is 4.90 Å². The fraction of sp³-hybridized carbons (Fsp3) is 0.121. The van der Waals surface area contributed by atoms with Crippen molar-refractivity contribution in [2.45, 2.75) is 18.0 Å². The second-order valence-corrected chi connectivity index (χ2v) is 10.6. The smallest absolute Gasteiger partial charge is 0.185 e. The fourth-order valence-electron chi connectivity index (χ4n) is 6.77. The summed E-state index contributed by atoms with van der Waals surface area (Å²) >= 11 is 6.13. The van der Waals surface area contributed by atoms with Crippen LogP contribution in [0.1, 0.15) is 48.1 Å². The van der Waals surface area contributed by atoms with Crippen LogP contribution in [-0.4, -0.2) is 29.4 Å². The van der Waals surface area contributed by atoms with Gasteiger partial charge in [-0.25, -0.2) is 4.39 Å². The summed E-state index contributed by atoms with van der Waals surface area (Å²) in [6, 6.07) is 25.5. The quantitative estimate of drug-likeness (QED) is 0.215. The molecule has 0 amide bonds. The van der Waals surface area contributed by atoms with Crippen LogP contribution in [-0.2, 0) is 0 Å². The van der Waals surface area contributed by atoms with Gasteiger partial charge in [0.1, 0.15) is 17.3 Å². The topological polar surface area (TPSA) is 54.5 Å². The molecule has 190 valence electrons. The van der Waals surface area contributed by atoms with Crippen LogP contribution in [0.5, 0.6) is 0 Å². The minimum absolute atomic E-state index is 0.246. The first-order valence-corrected chi connectivity index (χ1v) is 13.1. The zero-order chi connectivity index (χ0) is 26.9. The van der Waals surface area contributed by atoms with Crippen LogP contribution in [0.15, 0.2) is 103 Å². The first kappa shape index (κ1) is 23.7. The normalized spacial score (nSPS) is 22.1. The molecule has 1 aliphatic carbocycles. The van der Waals surface area contributed by atoms with E-state index in [0.29, 0.717) is 38.5 Å². The Bertz CT molecular complexity index is 1680. The lowest BCUT2D eigenvalue weighted by molar-refractivity contribution is 0.0666. The second kappa shape index (κ2) is 8.58. The summed E-state index contributed by atoms with van der Waals surface area (Å²) in [7, 11) is 0. The van der Waals surface area contributed by atoms with Gasteiger partial charge in [0.15, 0.2) is 17.3 Å². The van der Waals surface area contributed by atoms with Crippen molar-refractivity contribution in [2.24, 2.45) is 5.41 Å². The first-order valence-electron chi connectivity index (χ1n) is 12.7. The lowest BCUT2D eigenvalue weighted by Gasteiger charge is -2.37. The standard InChI is InChI=1S/C33H21ClFNO3/c34-22-13-10-20(11-14-22)30(37)29-28(19-6-2-1-3-7-19)33(31(38)24-8-4-5-9-25(24)32(33)39)27-17-12-21-18-23(35)15-16-26(21)36(27)29/h1-18,27-29H/t27-,28-,29-/m0/s1. The highest BCUT2D eigenvalue weighted by Gasteiger charge is 2.71. The molecule has 7 rings (SSSR count). The lowest BCUT2D eigenvalue weighted by atomic mass is 9.64. The van der Waals surface area contributed by atoms with Crippen LogP contribution in [0.3, 0.4) is 0 Å². The van der Waals surface area contributed by atoms with E-state index in [9.17, 15) is 18.8 Å². The second-order valence-electron chi connectivity index (χ2n) is 10.2. The number of halogens is 2. The summed E-state index contributed by atoms with van der Waals surface area (Å²) in [5.74, 6) is -2.06. The molecule has 6 heteroatoms. The van der Waals surface area contributed by atoms with Crippen LogP contribution in [0, 0.1) is 11.2 Å². The number of benzene rings is 4. The van der Waals surface area contributed by atoms with Crippen molar-refractivity contribution in [3.63, 3.8) is 0 Å². The Kier molecular flexibility index (Phi) is 5.23. The number of fused-ring (bicyclic) bond motifs is 5. The molecular formula is C33H21ClFNO3. The SMILES string of the molecule is O=C(c1ccc(Cl)cc1)[C@@H]1[C@H](c2ccccc2)C2(C(=O)c3ccccc3C2=O)[C@@H]2C=Cc3cc(F)ccc3N12. The molecule has 0 unspecified atom stereocenters. The molecule has 0 aromatic heterocycles. The summed E-state index contributed by atoms with van der Waals surface area (Å²) in [5.41, 5.74) is 1.45. The van der Waals surface area contributed by atoms with E-state index in [1.807, 2.05) is 35.2 Å². The number of ketones is 3. The predicted molar refractivity (Wildman–Crippen MR) is 148 cm³/mol. The number of carbonyl (C=O) groups excluding carboxylic acids is 3. The van der Waals surface area contributed by atoms with Gasteiger partial charge in [0, 0.05) is 38.9 Å². The highest BCUT2D eigenvalue weighted by molar-refractivity contribution is 6.32. The average Bonchev–Trinajstić information content (AvgIpc) is 3.39. The molecular weight excluding hydrogens is 513 g/mol. The van der Waals surface area contributed by atoms with Gasteiger partial charge in [-0.05, 0) is 48.0 Å². The van der Waals surface area contributed by atoms with Crippen LogP contribution < -0.4 is 4.90 Å². The third-order valence-electron chi connectivity index (χ3n) is 8.32. The molecule has 0 N–H and O–H groups in total. The third kappa shape index (κ3) is 3.20. The summed E-state index contributed by atoms with van der Waals surface area (Å²) in [6.07, 6.45) is 3.54. The molecule has 39 heavy (non-hydrogen) atoms. The molecule has 4 nitrogen and oxygen atoms in total. The van der Waals surface area contributed by atoms with Crippen molar-refractivity contribution < 1.29 is 18.8 Å². The largest absolute Gasteiger partial charge is 0.352 e. The Morgan fingerprint density at radius 3 is 2.13 bits per heavy atom. The first-order chi connectivity index (χ1) is 18.9. The van der Waals surface area contributed by atoms with Crippen LogP contribution in [0.25, 0.3) is 6.08 Å². The van der Waals surface area contributed by atoms with Gasteiger partial charge in [-0.2, -0.15) is 0 Å². The predicted octanol–water partition coefficient (Wildman–Crippen LogP) is 6.80. The molecule has 4 aromatic rings. The highest BCUT2D eigenvalue weighted by atomic mass is 35.5. The minimum atomic E-state index is -1.58. The summed E-state index contributed by atoms with van der Waals surface area (Å²) in [6.45, 7) is 0. The van der Waals surface area contributed by atoms with Crippen molar-refractivity contribution in [1.29, 1.82) is 0 Å². The van der Waals surface area contributed by atoms with Crippen molar-refractivity contribution in [3.8, 4) is 0 Å². The fourth-order valence-corrected chi connectivity index (χ4v) is 6.89. The molecule has 1 spiro atoms. The van der Waals surface area contributed by atoms with E-state index in [2.05, 4.69) is 0 Å². The zero-order valence-corrected chi connectivity index (χ0v) is 21.3. The summed E-state index contributed by atoms with van der Waals surface area (Å²) in [5, 5.41) is 0.491. The van der Waals surface area contributed by atoms with Gasteiger partial charge in [0.05, 0.1) is 6.04 Å². The number of anilines is 1. The molecule has 0 radical (unpaired) electrons. The Morgan fingerprint density at radius 1 is 0.821 bits per heavy atom. The number of carbonyl (C=O) groups is 3. The lowest BCUT2D eigenvalue weighted by Crippen LogP contribution is -2.48. The van der Waals surface area contributed by atoms with Gasteiger partial charge in [0.25, 0.3) is 0 Å². The number of Topliss-reactive ketones (excluding diaryl/α,β-unsaturated/α-hetero) is 3. The van der Waals surface area contributed by atoms with E-state index in [-0.39, 0.29) is 17.3 Å². The van der Waals surface area contributed by atoms with E-state index in [1.54, 1.807) is 66.7 Å². The maximum Gasteiger partial charge on any atom is 0.185 e. The van der Waals surface area contributed by atoms with E-state index < -0.39 is 29.2 Å². The Morgan fingerprint density at radius 2 is 1.46 bits per heavy atom. The highest BCUT2D eigenvalue weighted by Crippen LogP contribution is 2.60. The number of rotatable bonds is 3. The van der Waals surface area contributed by atoms with Gasteiger partial charge >= 0.3 is 0 Å². The molecule has 0 bridgehead atoms. The number of hydrogen-bond acceptors (Lipinski definition) is 4. The van der Waals surface area contributed by atoms with E-state index in [4.69, 9.17) is 11.6 Å². The van der Waals surface area contributed by atoms with Crippen LogP contribution >= 0.6 is 11.6 Å². The van der Waals surface area contributed by atoms with E-state index >= 15 is 0 Å². The maximum absolute atomic E-state index is 14.5. The Balaban J connectivity index is 1.54. The average molecular weight is 534 g/mol. The van der Waals surface area contributed by atoms with Gasteiger partial charge in [-0.15, -0.1) is 0 Å². The third-order valence-corrected chi connectivity index (χ3v) is 8.57. The van der Waals surface area contributed by atoms with Crippen LogP contribution in [0.4, 0.5) is 10.1 Å². The van der Waals surface area contributed by atoms with E-state index in [0.717, 1.165) is 0 Å². The Labute approximate surface area is 229 Å². The molecule has 2 heterocycles.